The summed E-state index contributed by atoms with van der Waals surface area (Å²) >= 11 is 0. The molecule has 1 fully saturated rings. The molecule has 2 atom stereocenters. The second kappa shape index (κ2) is 7.42. The minimum absolute atomic E-state index is 0.0478. The van der Waals surface area contributed by atoms with Crippen LogP contribution in [-0.4, -0.2) is 49.2 Å². The van der Waals surface area contributed by atoms with Crippen LogP contribution in [0.4, 0.5) is 23.4 Å². The first-order valence-corrected chi connectivity index (χ1v) is 10.6. The fourth-order valence-corrected chi connectivity index (χ4v) is 4.77. The predicted molar refractivity (Wildman–Crippen MR) is 113 cm³/mol. The van der Waals surface area contributed by atoms with Gasteiger partial charge in [0, 0.05) is 18.2 Å². The second-order valence-corrected chi connectivity index (χ2v) is 8.31. The van der Waals surface area contributed by atoms with Crippen LogP contribution in [0.5, 0.6) is 11.5 Å². The summed E-state index contributed by atoms with van der Waals surface area (Å²) in [6.07, 6.45) is 0.0775. The third-order valence-electron chi connectivity index (χ3n) is 6.21. The van der Waals surface area contributed by atoms with Gasteiger partial charge < -0.3 is 20.1 Å². The predicted octanol–water partition coefficient (Wildman–Crippen LogP) is 3.64. The molecule has 180 valence electrons. The van der Waals surface area contributed by atoms with Crippen LogP contribution in [0.1, 0.15) is 34.9 Å². The highest BCUT2D eigenvalue weighted by atomic mass is 19.4. The first-order valence-electron chi connectivity index (χ1n) is 10.6. The monoisotopic (exact) mass is 488 g/mol. The molecule has 13 heteroatoms. The topological polar surface area (TPSA) is 108 Å². The van der Waals surface area contributed by atoms with Crippen molar-refractivity contribution in [3.63, 3.8) is 0 Å². The molecule has 2 aliphatic rings. The molecule has 1 unspecified atom stereocenters. The molecule has 5 heterocycles. The van der Waals surface area contributed by atoms with Crippen molar-refractivity contribution in [3.05, 3.63) is 54.0 Å². The van der Waals surface area contributed by atoms with Gasteiger partial charge in [0.15, 0.2) is 11.6 Å². The summed E-state index contributed by atoms with van der Waals surface area (Å²) in [7, 11) is 0. The molecule has 0 bridgehead atoms. The fraction of sp³-hybridized carbons (Fsp3) is 0.273. The molecular weight excluding hydrogens is 472 g/mol. The van der Waals surface area contributed by atoms with E-state index in [0.29, 0.717) is 35.9 Å². The van der Waals surface area contributed by atoms with Crippen LogP contribution in [0, 0.1) is 5.82 Å². The van der Waals surface area contributed by atoms with Gasteiger partial charge in [-0.25, -0.2) is 19.3 Å². The number of piperidine rings is 1. The molecule has 2 aliphatic heterocycles. The van der Waals surface area contributed by atoms with E-state index in [-0.39, 0.29) is 22.8 Å². The number of benzene rings is 1. The van der Waals surface area contributed by atoms with Crippen molar-refractivity contribution >= 4 is 28.3 Å². The highest BCUT2D eigenvalue weighted by molar-refractivity contribution is 5.96. The Hall–Kier alpha value is -4.16. The average Bonchev–Trinajstić information content (AvgIpc) is 3.43. The number of anilines is 1. The number of imidazole rings is 1. The van der Waals surface area contributed by atoms with Crippen LogP contribution in [0.15, 0.2) is 36.9 Å². The van der Waals surface area contributed by atoms with Crippen LogP contribution in [0.25, 0.3) is 16.6 Å². The first-order chi connectivity index (χ1) is 16.7. The van der Waals surface area contributed by atoms with Crippen molar-refractivity contribution in [2.45, 2.75) is 31.3 Å². The Kier molecular flexibility index (Phi) is 4.53. The normalized spacial score (nSPS) is 19.5. The number of aromatic nitrogens is 4. The van der Waals surface area contributed by atoms with E-state index in [9.17, 15) is 22.4 Å². The minimum Gasteiger partial charge on any atom is -0.487 e. The Bertz CT molecular complexity index is 1500. The summed E-state index contributed by atoms with van der Waals surface area (Å²) in [4.78, 5) is 27.7. The molecule has 2 N–H and O–H groups in total. The zero-order valence-corrected chi connectivity index (χ0v) is 17.8. The van der Waals surface area contributed by atoms with E-state index in [1.807, 2.05) is 0 Å². The van der Waals surface area contributed by atoms with Crippen LogP contribution in [-0.2, 0) is 0 Å². The Balaban J connectivity index is 1.38. The quantitative estimate of drug-likeness (QED) is 0.429. The highest BCUT2D eigenvalue weighted by Gasteiger charge is 2.45. The number of fused-ring (bicyclic) bond motifs is 6. The Labute approximate surface area is 194 Å². The summed E-state index contributed by atoms with van der Waals surface area (Å²) in [5.74, 6) is -2.30. The number of carbonyl (C=O) groups is 1. The lowest BCUT2D eigenvalue weighted by Gasteiger charge is -2.36. The third kappa shape index (κ3) is 3.45. The number of likely N-dealkylation sites (tertiary alicyclic amines) is 1. The summed E-state index contributed by atoms with van der Waals surface area (Å²) < 4.78 is 63.6. The van der Waals surface area contributed by atoms with Crippen molar-refractivity contribution in [1.82, 2.24) is 24.3 Å². The number of alkyl halides is 3. The molecule has 1 saturated heterocycles. The van der Waals surface area contributed by atoms with E-state index in [0.717, 1.165) is 12.1 Å². The van der Waals surface area contributed by atoms with E-state index in [1.54, 1.807) is 23.0 Å². The molecule has 4 aromatic rings. The fourth-order valence-electron chi connectivity index (χ4n) is 4.77. The Morgan fingerprint density at radius 1 is 1.20 bits per heavy atom. The second-order valence-electron chi connectivity index (χ2n) is 8.31. The van der Waals surface area contributed by atoms with Crippen molar-refractivity contribution < 1.29 is 31.8 Å². The number of hydrogen-bond donors (Lipinski definition) is 1. The van der Waals surface area contributed by atoms with Gasteiger partial charge in [-0.15, -0.1) is 13.2 Å². The summed E-state index contributed by atoms with van der Waals surface area (Å²) in [5, 5.41) is 0. The first kappa shape index (κ1) is 21.4. The maximum atomic E-state index is 14.5. The number of rotatable bonds is 2. The van der Waals surface area contributed by atoms with Gasteiger partial charge in [-0.1, -0.05) is 0 Å². The summed E-state index contributed by atoms with van der Waals surface area (Å²) in [6.45, 7) is 0.339. The maximum absolute atomic E-state index is 14.5. The lowest BCUT2D eigenvalue weighted by Crippen LogP contribution is -2.44. The van der Waals surface area contributed by atoms with Gasteiger partial charge in [0.25, 0.3) is 5.91 Å². The van der Waals surface area contributed by atoms with Crippen LogP contribution in [0.2, 0.25) is 0 Å². The van der Waals surface area contributed by atoms with E-state index in [2.05, 4.69) is 19.7 Å². The molecule has 6 rings (SSSR count). The van der Waals surface area contributed by atoms with Gasteiger partial charge in [-0.2, -0.15) is 0 Å². The lowest BCUT2D eigenvalue weighted by atomic mass is 9.94. The van der Waals surface area contributed by atoms with Crippen LogP contribution < -0.4 is 15.2 Å². The molecule has 1 amide bonds. The lowest BCUT2D eigenvalue weighted by molar-refractivity contribution is -0.275. The van der Waals surface area contributed by atoms with Crippen molar-refractivity contribution in [1.29, 1.82) is 0 Å². The molecule has 3 aromatic heterocycles. The molecule has 1 aromatic carbocycles. The van der Waals surface area contributed by atoms with Crippen LogP contribution in [0.3, 0.4) is 0 Å². The van der Waals surface area contributed by atoms with Crippen molar-refractivity contribution in [3.8, 4) is 11.5 Å². The number of nitrogen functional groups attached to an aromatic ring is 1. The van der Waals surface area contributed by atoms with E-state index < -0.39 is 36.0 Å². The average molecular weight is 488 g/mol. The minimum atomic E-state index is -5.05. The van der Waals surface area contributed by atoms with Gasteiger partial charge in [-0.05, 0) is 25.0 Å². The molecule has 0 aliphatic carbocycles. The van der Waals surface area contributed by atoms with E-state index in [1.165, 1.54) is 11.1 Å². The summed E-state index contributed by atoms with van der Waals surface area (Å²) in [5.41, 5.74) is 7.96. The third-order valence-corrected chi connectivity index (χ3v) is 6.21. The van der Waals surface area contributed by atoms with Gasteiger partial charge in [-0.3, -0.25) is 9.20 Å². The van der Waals surface area contributed by atoms with E-state index >= 15 is 0 Å². The molecule has 0 spiro atoms. The zero-order chi connectivity index (χ0) is 24.5. The van der Waals surface area contributed by atoms with Gasteiger partial charge >= 0.3 is 6.36 Å². The van der Waals surface area contributed by atoms with Crippen molar-refractivity contribution in [2.75, 3.05) is 12.3 Å². The van der Waals surface area contributed by atoms with Crippen molar-refractivity contribution in [2.24, 2.45) is 0 Å². The number of nitrogens with zero attached hydrogens (tertiary/aromatic N) is 5. The number of ether oxygens (including phenoxy) is 2. The number of amides is 1. The number of nitrogens with two attached hydrogens (primary N) is 1. The van der Waals surface area contributed by atoms with Crippen LogP contribution >= 0.6 is 0 Å². The number of carbonyl (C=O) groups excluding carboxylic acids is 1. The number of pyridine rings is 1. The largest absolute Gasteiger partial charge is 0.573 e. The number of halogens is 4. The molecule has 35 heavy (non-hydrogen) atoms. The smallest absolute Gasteiger partial charge is 0.487 e. The molecule has 9 nitrogen and oxygen atoms in total. The standard InChI is InChI=1S/C22H16F4N6O3/c23-11-4-10-17(6-18(11)35-22(24,25)26)34-16-2-1-3-31(19(10)16)21(33)12-5-14-13(7-29-12)30-20(27)15-8-28-9-32(14)15/h4-9,16,19H,1-3H2,(H2,27,30)/t16?,19-/m0/s1. The van der Waals surface area contributed by atoms with Gasteiger partial charge in [0.05, 0.1) is 30.3 Å². The SMILES string of the molecule is Nc1nc2cnc(C(=O)N3CCCC4Oc5cc(OC(F)(F)F)c(F)cc5[C@@H]43)cc2n2cncc12. The summed E-state index contributed by atoms with van der Waals surface area (Å²) in [6, 6.07) is 2.69. The van der Waals surface area contributed by atoms with E-state index in [4.69, 9.17) is 10.5 Å². The van der Waals surface area contributed by atoms with Gasteiger partial charge in [0.1, 0.15) is 34.4 Å². The molecule has 0 radical (unpaired) electrons. The Morgan fingerprint density at radius 3 is 2.83 bits per heavy atom. The zero-order valence-electron chi connectivity index (χ0n) is 17.8. The van der Waals surface area contributed by atoms with Gasteiger partial charge in [0.2, 0.25) is 0 Å². The maximum Gasteiger partial charge on any atom is 0.573 e. The Morgan fingerprint density at radius 2 is 2.03 bits per heavy atom. The molecule has 0 saturated carbocycles. The number of hydrogen-bond acceptors (Lipinski definition) is 7. The highest BCUT2D eigenvalue weighted by Crippen LogP contribution is 2.47. The molecular formula is C22H16F4N6O3.